The minimum atomic E-state index is -0.237. The van der Waals surface area contributed by atoms with Crippen molar-refractivity contribution >= 4 is 60.7 Å². The quantitative estimate of drug-likeness (QED) is 0.177. The molecule has 0 amide bonds. The Kier molecular flexibility index (Phi) is 8.38. The first-order valence-electron chi connectivity index (χ1n) is 24.3. The summed E-state index contributed by atoms with van der Waals surface area (Å²) in [6, 6.07) is 81.3. The molecule has 0 aliphatic heterocycles. The molecule has 2 aliphatic carbocycles. The van der Waals surface area contributed by atoms with Gasteiger partial charge in [-0.2, -0.15) is 0 Å². The van der Waals surface area contributed by atoms with Gasteiger partial charge in [0.2, 0.25) is 0 Å². The maximum atomic E-state index is 3.73. The van der Waals surface area contributed by atoms with Crippen LogP contribution in [0.4, 0.5) is 17.1 Å². The number of benzene rings is 10. The van der Waals surface area contributed by atoms with Crippen molar-refractivity contribution in [2.75, 3.05) is 4.90 Å². The van der Waals surface area contributed by atoms with Crippen molar-refractivity contribution in [2.45, 2.75) is 38.5 Å². The Morgan fingerprint density at radius 1 is 0.348 bits per heavy atom. The molecule has 0 saturated carbocycles. The summed E-state index contributed by atoms with van der Waals surface area (Å²) in [5, 5.41) is 5.03. The van der Waals surface area contributed by atoms with Gasteiger partial charge in [0.1, 0.15) is 0 Å². The van der Waals surface area contributed by atoms with Gasteiger partial charge in [-0.05, 0) is 140 Å². The van der Waals surface area contributed by atoms with Crippen LogP contribution in [0, 0.1) is 0 Å². The molecule has 69 heavy (non-hydrogen) atoms. The number of H-pyrrole nitrogens is 1. The van der Waals surface area contributed by atoms with Crippen molar-refractivity contribution in [3.05, 3.63) is 241 Å². The van der Waals surface area contributed by atoms with Crippen LogP contribution < -0.4 is 4.90 Å². The molecule has 0 atom stereocenters. The monoisotopic (exact) mass is 883 g/mol. The number of anilines is 3. The highest BCUT2D eigenvalue weighted by molar-refractivity contribution is 6.12. The van der Waals surface area contributed by atoms with Gasteiger partial charge in [-0.3, -0.25) is 0 Å². The Labute approximate surface area is 402 Å². The van der Waals surface area contributed by atoms with E-state index in [0.717, 1.165) is 22.6 Å². The molecule has 0 bridgehead atoms. The Morgan fingerprint density at radius 2 is 0.870 bits per heavy atom. The second kappa shape index (κ2) is 14.6. The van der Waals surface area contributed by atoms with Crippen LogP contribution in [0.3, 0.4) is 0 Å². The Bertz CT molecular complexity index is 4070. The van der Waals surface area contributed by atoms with E-state index in [9.17, 15) is 0 Å². The van der Waals surface area contributed by atoms with Crippen LogP contribution in [-0.4, -0.2) is 9.55 Å². The average molecular weight is 884 g/mol. The number of hydrogen-bond acceptors (Lipinski definition) is 1. The van der Waals surface area contributed by atoms with Gasteiger partial charge in [-0.25, -0.2) is 0 Å². The third kappa shape index (κ3) is 5.80. The molecule has 1 N–H and O–H groups in total. The summed E-state index contributed by atoms with van der Waals surface area (Å²) < 4.78 is 2.39. The van der Waals surface area contributed by atoms with Crippen LogP contribution in [-0.2, 0) is 10.8 Å². The van der Waals surface area contributed by atoms with Crippen LogP contribution >= 0.6 is 0 Å². The predicted molar refractivity (Wildman–Crippen MR) is 291 cm³/mol. The first-order valence-corrected chi connectivity index (χ1v) is 24.3. The molecule has 3 heteroatoms. The first-order chi connectivity index (χ1) is 33.7. The first kappa shape index (κ1) is 39.7. The number of aromatic nitrogens is 2. The lowest BCUT2D eigenvalue weighted by molar-refractivity contribution is 0.660. The number of rotatable bonds is 6. The number of fused-ring (bicyclic) bond motifs is 12. The zero-order valence-corrected chi connectivity index (χ0v) is 39.2. The summed E-state index contributed by atoms with van der Waals surface area (Å²) >= 11 is 0. The van der Waals surface area contributed by atoms with Crippen LogP contribution in [0.5, 0.6) is 0 Å². The molecule has 12 aromatic rings. The standard InChI is InChI=1S/C66H49N3/c1-65(2)57-22-11-8-17-49(57)51-34-31-46(39-59(51)65)68(45-29-25-41(26-30-45)48-20-14-21-55-53-18-9-12-23-61(53)67-64(48)55)47-32-35-52-50-33-27-43(38-58(50)66(3,4)60(52)40-47)42-28-36-63-56(37-42)54-19-10-13-24-62(54)69(63)44-15-6-5-7-16-44/h5-40,67H,1-4H3. The van der Waals surface area contributed by atoms with Crippen molar-refractivity contribution in [3.8, 4) is 50.2 Å². The van der Waals surface area contributed by atoms with E-state index >= 15 is 0 Å². The lowest BCUT2D eigenvalue weighted by atomic mass is 9.81. The topological polar surface area (TPSA) is 24.0 Å². The number of para-hydroxylation sites is 4. The van der Waals surface area contributed by atoms with Crippen molar-refractivity contribution in [1.82, 2.24) is 9.55 Å². The number of aromatic amines is 1. The SMILES string of the molecule is CC1(C)c2ccccc2-c2ccc(N(c3ccc(-c4cccc5c4[nH]c4ccccc45)cc3)c3ccc4c(c3)C(C)(C)c3cc(-c5ccc6c(c5)c5ccccc5n6-c5ccccc5)ccc3-4)cc21. The minimum absolute atomic E-state index is 0.126. The van der Waals surface area contributed by atoms with E-state index in [2.05, 4.69) is 261 Å². The Hall–Kier alpha value is -8.40. The summed E-state index contributed by atoms with van der Waals surface area (Å²) in [5.41, 5.74) is 24.6. The minimum Gasteiger partial charge on any atom is -0.354 e. The molecule has 10 aromatic carbocycles. The van der Waals surface area contributed by atoms with Crippen LogP contribution in [0.2, 0.25) is 0 Å². The molecule has 2 heterocycles. The second-order valence-corrected chi connectivity index (χ2v) is 20.2. The summed E-state index contributed by atoms with van der Waals surface area (Å²) in [4.78, 5) is 6.20. The summed E-state index contributed by atoms with van der Waals surface area (Å²) in [6.45, 7) is 9.55. The molecule has 0 radical (unpaired) electrons. The number of nitrogens with zero attached hydrogens (tertiary/aromatic N) is 2. The Morgan fingerprint density at radius 3 is 1.64 bits per heavy atom. The van der Waals surface area contributed by atoms with Gasteiger partial charge >= 0.3 is 0 Å². The lowest BCUT2D eigenvalue weighted by Gasteiger charge is -2.30. The van der Waals surface area contributed by atoms with E-state index in [0.29, 0.717) is 0 Å². The largest absolute Gasteiger partial charge is 0.354 e. The molecule has 2 aliphatic rings. The van der Waals surface area contributed by atoms with Gasteiger partial charge in [0, 0.05) is 66.2 Å². The number of hydrogen-bond donors (Lipinski definition) is 1. The third-order valence-corrected chi connectivity index (χ3v) is 15.7. The van der Waals surface area contributed by atoms with Crippen LogP contribution in [0.15, 0.2) is 218 Å². The van der Waals surface area contributed by atoms with Gasteiger partial charge in [-0.1, -0.05) is 167 Å². The third-order valence-electron chi connectivity index (χ3n) is 15.7. The average Bonchev–Trinajstić information content (AvgIpc) is 4.07. The summed E-state index contributed by atoms with van der Waals surface area (Å²) in [7, 11) is 0. The van der Waals surface area contributed by atoms with E-state index in [-0.39, 0.29) is 10.8 Å². The molecule has 3 nitrogen and oxygen atoms in total. The molecule has 0 unspecified atom stereocenters. The smallest absolute Gasteiger partial charge is 0.0544 e. The fourth-order valence-corrected chi connectivity index (χ4v) is 12.2. The highest BCUT2D eigenvalue weighted by Crippen LogP contribution is 2.54. The highest BCUT2D eigenvalue weighted by atomic mass is 15.1. The molecule has 0 spiro atoms. The molecule has 328 valence electrons. The van der Waals surface area contributed by atoms with E-state index in [1.807, 2.05) is 0 Å². The van der Waals surface area contributed by atoms with Gasteiger partial charge < -0.3 is 14.5 Å². The normalized spacial score (nSPS) is 14.0. The van der Waals surface area contributed by atoms with Crippen molar-refractivity contribution in [2.24, 2.45) is 0 Å². The van der Waals surface area contributed by atoms with Gasteiger partial charge in [0.15, 0.2) is 0 Å². The highest BCUT2D eigenvalue weighted by Gasteiger charge is 2.38. The molecular formula is C66H49N3. The molecular weight excluding hydrogens is 835 g/mol. The van der Waals surface area contributed by atoms with Gasteiger partial charge in [0.05, 0.1) is 16.6 Å². The Balaban J connectivity index is 0.874. The number of nitrogens with one attached hydrogen (secondary N) is 1. The molecule has 0 saturated heterocycles. The van der Waals surface area contributed by atoms with Crippen molar-refractivity contribution in [1.29, 1.82) is 0 Å². The maximum absolute atomic E-state index is 3.73. The predicted octanol–water partition coefficient (Wildman–Crippen LogP) is 17.8. The lowest BCUT2D eigenvalue weighted by Crippen LogP contribution is -2.18. The fraction of sp³-hybridized carbons (Fsp3) is 0.0909. The zero-order valence-electron chi connectivity index (χ0n) is 39.2. The zero-order chi connectivity index (χ0) is 46.2. The molecule has 2 aromatic heterocycles. The van der Waals surface area contributed by atoms with Crippen LogP contribution in [0.25, 0.3) is 93.8 Å². The fourth-order valence-electron chi connectivity index (χ4n) is 12.2. The van der Waals surface area contributed by atoms with E-state index in [1.54, 1.807) is 0 Å². The van der Waals surface area contributed by atoms with E-state index in [1.165, 1.54) is 111 Å². The summed E-state index contributed by atoms with van der Waals surface area (Å²) in [5.74, 6) is 0. The maximum Gasteiger partial charge on any atom is 0.0544 e. The molecule has 0 fully saturated rings. The molecule has 14 rings (SSSR count). The van der Waals surface area contributed by atoms with Crippen LogP contribution in [0.1, 0.15) is 49.9 Å². The van der Waals surface area contributed by atoms with E-state index < -0.39 is 0 Å². The van der Waals surface area contributed by atoms with Crippen molar-refractivity contribution < 1.29 is 0 Å². The van der Waals surface area contributed by atoms with Crippen molar-refractivity contribution in [3.63, 3.8) is 0 Å². The van der Waals surface area contributed by atoms with Gasteiger partial charge in [0.25, 0.3) is 0 Å². The summed E-state index contributed by atoms with van der Waals surface area (Å²) in [6.07, 6.45) is 0. The second-order valence-electron chi connectivity index (χ2n) is 20.2. The van der Waals surface area contributed by atoms with Gasteiger partial charge in [-0.15, -0.1) is 0 Å². The van der Waals surface area contributed by atoms with E-state index in [4.69, 9.17) is 0 Å².